The number of nitro groups is 1. The summed E-state index contributed by atoms with van der Waals surface area (Å²) in [5.74, 6) is 0.462. The van der Waals surface area contributed by atoms with Gasteiger partial charge in [-0.25, -0.2) is 4.98 Å². The zero-order valence-corrected chi connectivity index (χ0v) is 17.7. The lowest BCUT2D eigenvalue weighted by Gasteiger charge is -2.15. The zero-order valence-electron chi connectivity index (χ0n) is 17.7. The minimum Gasteiger partial charge on any atom is -0.434 e. The molecule has 2 aromatic heterocycles. The van der Waals surface area contributed by atoms with E-state index in [2.05, 4.69) is 15.3 Å². The quantitative estimate of drug-likeness (QED) is 0.268. The van der Waals surface area contributed by atoms with E-state index in [0.29, 0.717) is 42.5 Å². The van der Waals surface area contributed by atoms with E-state index in [9.17, 15) is 10.1 Å². The SMILES string of the molecule is Cc1nc(Oc2ccccc2)c([N+](=O)[O-])c(NCCOCCCc2cccnc2)c1C. The number of benzene rings is 1. The monoisotopic (exact) mass is 422 g/mol. The lowest BCUT2D eigenvalue weighted by Crippen LogP contribution is -2.14. The molecule has 0 aliphatic rings. The van der Waals surface area contributed by atoms with Gasteiger partial charge in [0, 0.05) is 36.8 Å². The number of aryl methyl sites for hydroxylation is 2. The summed E-state index contributed by atoms with van der Waals surface area (Å²) < 4.78 is 11.4. The van der Waals surface area contributed by atoms with E-state index >= 15 is 0 Å². The molecule has 162 valence electrons. The zero-order chi connectivity index (χ0) is 22.1. The fraction of sp³-hybridized carbons (Fsp3) is 0.304. The number of rotatable bonds is 11. The summed E-state index contributed by atoms with van der Waals surface area (Å²) in [4.78, 5) is 19.8. The molecule has 0 unspecified atom stereocenters. The van der Waals surface area contributed by atoms with Crippen LogP contribution in [-0.2, 0) is 11.2 Å². The summed E-state index contributed by atoms with van der Waals surface area (Å²) in [5, 5.41) is 15.0. The Balaban J connectivity index is 1.59. The molecule has 0 amide bonds. The van der Waals surface area contributed by atoms with Crippen LogP contribution in [0.15, 0.2) is 54.9 Å². The van der Waals surface area contributed by atoms with E-state index < -0.39 is 4.92 Å². The molecule has 0 aliphatic heterocycles. The normalized spacial score (nSPS) is 10.6. The second-order valence-electron chi connectivity index (χ2n) is 7.03. The van der Waals surface area contributed by atoms with Gasteiger partial charge < -0.3 is 14.8 Å². The fourth-order valence-electron chi connectivity index (χ4n) is 3.09. The van der Waals surface area contributed by atoms with Crippen molar-refractivity contribution in [3.63, 3.8) is 0 Å². The highest BCUT2D eigenvalue weighted by molar-refractivity contribution is 5.71. The van der Waals surface area contributed by atoms with Gasteiger partial charge in [-0.15, -0.1) is 0 Å². The number of nitrogens with one attached hydrogen (secondary N) is 1. The maximum absolute atomic E-state index is 11.8. The van der Waals surface area contributed by atoms with Crippen molar-refractivity contribution in [2.45, 2.75) is 26.7 Å². The number of para-hydroxylation sites is 1. The number of hydrogen-bond donors (Lipinski definition) is 1. The lowest BCUT2D eigenvalue weighted by atomic mass is 10.1. The first-order valence-electron chi connectivity index (χ1n) is 10.1. The molecule has 0 spiro atoms. The molecule has 31 heavy (non-hydrogen) atoms. The molecule has 1 N–H and O–H groups in total. The van der Waals surface area contributed by atoms with Gasteiger partial charge in [0.05, 0.1) is 11.5 Å². The summed E-state index contributed by atoms with van der Waals surface area (Å²) in [5.41, 5.74) is 2.78. The first kappa shape index (κ1) is 22.2. The third-order valence-corrected chi connectivity index (χ3v) is 4.79. The maximum atomic E-state index is 11.8. The van der Waals surface area contributed by atoms with E-state index in [0.717, 1.165) is 12.8 Å². The first-order chi connectivity index (χ1) is 15.1. The average molecular weight is 422 g/mol. The van der Waals surface area contributed by atoms with Crippen LogP contribution >= 0.6 is 0 Å². The molecule has 0 bridgehead atoms. The van der Waals surface area contributed by atoms with Crippen LogP contribution in [0.25, 0.3) is 0 Å². The predicted molar refractivity (Wildman–Crippen MR) is 119 cm³/mol. The molecule has 0 radical (unpaired) electrons. The smallest absolute Gasteiger partial charge is 0.354 e. The molecule has 2 heterocycles. The molecule has 8 nitrogen and oxygen atoms in total. The standard InChI is InChI=1S/C23H26N4O4/c1-17-18(2)26-23(31-20-10-4-3-5-11-20)22(27(28)29)21(17)25-13-15-30-14-7-9-19-8-6-12-24-16-19/h3-6,8,10-12,16H,7,9,13-15H2,1-2H3,(H,25,26). The number of anilines is 1. The van der Waals surface area contributed by atoms with Crippen LogP contribution in [0.4, 0.5) is 11.4 Å². The highest BCUT2D eigenvalue weighted by atomic mass is 16.6. The fourth-order valence-corrected chi connectivity index (χ4v) is 3.09. The second kappa shape index (κ2) is 11.0. The third kappa shape index (κ3) is 6.23. The third-order valence-electron chi connectivity index (χ3n) is 4.79. The van der Waals surface area contributed by atoms with Crippen LogP contribution in [0.3, 0.4) is 0 Å². The summed E-state index contributed by atoms with van der Waals surface area (Å²) in [6, 6.07) is 12.9. The molecule has 3 rings (SSSR count). The molecular formula is C23H26N4O4. The predicted octanol–water partition coefficient (Wildman–Crippen LogP) is 4.86. The molecule has 0 fully saturated rings. The minimum absolute atomic E-state index is 0.0285. The van der Waals surface area contributed by atoms with Crippen LogP contribution < -0.4 is 10.1 Å². The van der Waals surface area contributed by atoms with Crippen LogP contribution in [0.5, 0.6) is 11.6 Å². The largest absolute Gasteiger partial charge is 0.434 e. The Labute approximate surface area is 181 Å². The van der Waals surface area contributed by atoms with Gasteiger partial charge in [0.15, 0.2) is 0 Å². The van der Waals surface area contributed by atoms with Crippen molar-refractivity contribution >= 4 is 11.4 Å². The Morgan fingerprint density at radius 1 is 1.10 bits per heavy atom. The highest BCUT2D eigenvalue weighted by Crippen LogP contribution is 2.39. The Morgan fingerprint density at radius 2 is 1.90 bits per heavy atom. The number of pyridine rings is 2. The van der Waals surface area contributed by atoms with Crippen molar-refractivity contribution in [1.82, 2.24) is 9.97 Å². The van der Waals surface area contributed by atoms with Gasteiger partial charge in [-0.3, -0.25) is 15.1 Å². The number of nitrogens with zero attached hydrogens (tertiary/aromatic N) is 3. The van der Waals surface area contributed by atoms with Crippen LogP contribution in [-0.4, -0.2) is 34.6 Å². The number of hydrogen-bond acceptors (Lipinski definition) is 7. The topological polar surface area (TPSA) is 99.4 Å². The van der Waals surface area contributed by atoms with Crippen molar-refractivity contribution < 1.29 is 14.4 Å². The number of aromatic nitrogens is 2. The Bertz CT molecular complexity index is 997. The minimum atomic E-state index is -0.463. The van der Waals surface area contributed by atoms with Gasteiger partial charge in [0.1, 0.15) is 11.4 Å². The van der Waals surface area contributed by atoms with Crippen LogP contribution in [0.1, 0.15) is 23.2 Å². The summed E-state index contributed by atoms with van der Waals surface area (Å²) >= 11 is 0. The van der Waals surface area contributed by atoms with Crippen molar-refractivity contribution in [3.05, 3.63) is 81.8 Å². The van der Waals surface area contributed by atoms with Gasteiger partial charge in [0.25, 0.3) is 0 Å². The van der Waals surface area contributed by atoms with E-state index in [-0.39, 0.29) is 11.6 Å². The first-order valence-corrected chi connectivity index (χ1v) is 10.1. The highest BCUT2D eigenvalue weighted by Gasteiger charge is 2.27. The summed E-state index contributed by atoms with van der Waals surface area (Å²) in [6.45, 7) is 5.08. The van der Waals surface area contributed by atoms with Crippen LogP contribution in [0.2, 0.25) is 0 Å². The second-order valence-corrected chi connectivity index (χ2v) is 7.03. The van der Waals surface area contributed by atoms with Crippen molar-refractivity contribution in [3.8, 4) is 11.6 Å². The Morgan fingerprint density at radius 3 is 2.61 bits per heavy atom. The van der Waals surface area contributed by atoms with Crippen molar-refractivity contribution in [1.29, 1.82) is 0 Å². The summed E-state index contributed by atoms with van der Waals surface area (Å²) in [7, 11) is 0. The lowest BCUT2D eigenvalue weighted by molar-refractivity contribution is -0.385. The molecule has 8 heteroatoms. The van der Waals surface area contributed by atoms with Crippen molar-refractivity contribution in [2.75, 3.05) is 25.1 Å². The van der Waals surface area contributed by atoms with E-state index in [1.807, 2.05) is 24.4 Å². The molecule has 1 aromatic carbocycles. The Hall–Kier alpha value is -3.52. The number of ether oxygens (including phenoxy) is 2. The molecular weight excluding hydrogens is 396 g/mol. The maximum Gasteiger partial charge on any atom is 0.354 e. The Kier molecular flexibility index (Phi) is 7.89. The molecule has 0 saturated carbocycles. The van der Waals surface area contributed by atoms with Gasteiger partial charge >= 0.3 is 11.6 Å². The molecule has 3 aromatic rings. The van der Waals surface area contributed by atoms with Gasteiger partial charge in [-0.2, -0.15) is 0 Å². The molecule has 0 aliphatic carbocycles. The van der Waals surface area contributed by atoms with Crippen molar-refractivity contribution in [2.24, 2.45) is 0 Å². The average Bonchev–Trinajstić information content (AvgIpc) is 2.77. The van der Waals surface area contributed by atoms with E-state index in [4.69, 9.17) is 9.47 Å². The van der Waals surface area contributed by atoms with Gasteiger partial charge in [-0.05, 0) is 50.5 Å². The van der Waals surface area contributed by atoms with E-state index in [1.54, 1.807) is 44.3 Å². The van der Waals surface area contributed by atoms with Crippen LogP contribution in [0, 0.1) is 24.0 Å². The molecule has 0 atom stereocenters. The van der Waals surface area contributed by atoms with E-state index in [1.165, 1.54) is 5.56 Å². The van der Waals surface area contributed by atoms with Gasteiger partial charge in [0.2, 0.25) is 0 Å². The van der Waals surface area contributed by atoms with Gasteiger partial charge in [-0.1, -0.05) is 24.3 Å². The summed E-state index contributed by atoms with van der Waals surface area (Å²) in [6.07, 6.45) is 5.39. The molecule has 0 saturated heterocycles.